The van der Waals surface area contributed by atoms with Gasteiger partial charge in [-0.1, -0.05) is 26.3 Å². The van der Waals surface area contributed by atoms with Gasteiger partial charge in [-0.25, -0.2) is 0 Å². The Kier molecular flexibility index (Phi) is 8.20. The van der Waals surface area contributed by atoms with Crippen LogP contribution in [-0.4, -0.2) is 23.7 Å². The largest absolute Gasteiger partial charge is 0.494 e. The molecule has 1 aliphatic carbocycles. The predicted octanol–water partition coefficient (Wildman–Crippen LogP) is 5.72. The first-order valence-electron chi connectivity index (χ1n) is 10.7. The molecule has 0 aliphatic heterocycles. The third-order valence-corrected chi connectivity index (χ3v) is 6.24. The van der Waals surface area contributed by atoms with Gasteiger partial charge in [0.25, 0.3) is 0 Å². The number of carbonyl (C=O) groups is 2. The summed E-state index contributed by atoms with van der Waals surface area (Å²) in [6.07, 6.45) is 4.78. The minimum atomic E-state index is -0.222. The summed E-state index contributed by atoms with van der Waals surface area (Å²) < 4.78 is 5.66. The maximum Gasteiger partial charge on any atom is 0.237 e. The molecule has 30 heavy (non-hydrogen) atoms. The van der Waals surface area contributed by atoms with Crippen molar-refractivity contribution in [2.45, 2.75) is 56.1 Å². The third kappa shape index (κ3) is 6.80. The van der Waals surface area contributed by atoms with E-state index in [4.69, 9.17) is 4.74 Å². The van der Waals surface area contributed by atoms with E-state index in [0.717, 1.165) is 47.7 Å². The van der Waals surface area contributed by atoms with Gasteiger partial charge >= 0.3 is 0 Å². The highest BCUT2D eigenvalue weighted by Crippen LogP contribution is 2.32. The van der Waals surface area contributed by atoms with E-state index in [2.05, 4.69) is 17.6 Å². The standard InChI is InChI=1S/C24H30N2O3S/c1-3-5-15-29-20-13-11-18(12-14-20)25-24(28)22(4-2)30-21-8-6-7-19(16-21)26-23(27)17-9-10-17/h6-8,11-14,16-17,22H,3-5,9-10,15H2,1-2H3,(H,25,28)(H,26,27). The van der Waals surface area contributed by atoms with Gasteiger partial charge in [0, 0.05) is 22.2 Å². The topological polar surface area (TPSA) is 67.4 Å². The van der Waals surface area contributed by atoms with E-state index in [1.165, 1.54) is 11.8 Å². The van der Waals surface area contributed by atoms with Crippen LogP contribution < -0.4 is 15.4 Å². The van der Waals surface area contributed by atoms with E-state index in [1.807, 2.05) is 55.5 Å². The van der Waals surface area contributed by atoms with E-state index >= 15 is 0 Å². The summed E-state index contributed by atoms with van der Waals surface area (Å²) in [7, 11) is 0. The van der Waals surface area contributed by atoms with Crippen molar-refractivity contribution in [3.8, 4) is 5.75 Å². The van der Waals surface area contributed by atoms with Gasteiger partial charge in [-0.3, -0.25) is 9.59 Å². The van der Waals surface area contributed by atoms with Crippen molar-refractivity contribution in [3.05, 3.63) is 48.5 Å². The van der Waals surface area contributed by atoms with Crippen LogP contribution in [0.25, 0.3) is 0 Å². The van der Waals surface area contributed by atoms with E-state index in [0.29, 0.717) is 13.0 Å². The molecular formula is C24H30N2O3S. The lowest BCUT2D eigenvalue weighted by Gasteiger charge is -2.16. The Morgan fingerprint density at radius 2 is 1.83 bits per heavy atom. The molecule has 5 nitrogen and oxygen atoms in total. The molecule has 0 spiro atoms. The maximum atomic E-state index is 12.8. The molecule has 1 unspecified atom stereocenters. The number of thioether (sulfide) groups is 1. The second-order valence-electron chi connectivity index (χ2n) is 7.52. The molecule has 160 valence electrons. The van der Waals surface area contributed by atoms with Crippen LogP contribution in [-0.2, 0) is 9.59 Å². The summed E-state index contributed by atoms with van der Waals surface area (Å²) >= 11 is 1.51. The van der Waals surface area contributed by atoms with Gasteiger partial charge < -0.3 is 15.4 Å². The van der Waals surface area contributed by atoms with Gasteiger partial charge in [-0.2, -0.15) is 0 Å². The summed E-state index contributed by atoms with van der Waals surface area (Å²) in [6, 6.07) is 15.2. The molecule has 0 bridgehead atoms. The molecule has 0 aromatic heterocycles. The summed E-state index contributed by atoms with van der Waals surface area (Å²) in [6.45, 7) is 4.84. The lowest BCUT2D eigenvalue weighted by molar-refractivity contribution is -0.117. The Labute approximate surface area is 183 Å². The number of carbonyl (C=O) groups excluding carboxylic acids is 2. The van der Waals surface area contributed by atoms with Crippen LogP contribution >= 0.6 is 11.8 Å². The summed E-state index contributed by atoms with van der Waals surface area (Å²) in [5.74, 6) is 1.03. The minimum Gasteiger partial charge on any atom is -0.494 e. The molecule has 2 aromatic rings. The monoisotopic (exact) mass is 426 g/mol. The smallest absolute Gasteiger partial charge is 0.237 e. The number of anilines is 2. The fraction of sp³-hybridized carbons (Fsp3) is 0.417. The molecule has 0 saturated heterocycles. The minimum absolute atomic E-state index is 0.0328. The molecule has 1 saturated carbocycles. The number of ether oxygens (including phenoxy) is 1. The Morgan fingerprint density at radius 1 is 1.07 bits per heavy atom. The lowest BCUT2D eigenvalue weighted by Crippen LogP contribution is -2.24. The van der Waals surface area contributed by atoms with Crippen LogP contribution in [0.15, 0.2) is 53.4 Å². The first-order valence-corrected chi connectivity index (χ1v) is 11.6. The zero-order chi connectivity index (χ0) is 21.3. The average molecular weight is 427 g/mol. The SMILES string of the molecule is CCCCOc1ccc(NC(=O)C(CC)Sc2cccc(NC(=O)C3CC3)c2)cc1. The van der Waals surface area contributed by atoms with Crippen LogP contribution in [0, 0.1) is 5.92 Å². The Hall–Kier alpha value is -2.47. The fourth-order valence-corrected chi connectivity index (χ4v) is 3.93. The number of unbranched alkanes of at least 4 members (excludes halogenated alkanes) is 1. The van der Waals surface area contributed by atoms with Gasteiger partial charge in [-0.15, -0.1) is 11.8 Å². The van der Waals surface area contributed by atoms with E-state index in [1.54, 1.807) is 0 Å². The van der Waals surface area contributed by atoms with Crippen molar-refractivity contribution in [1.82, 2.24) is 0 Å². The van der Waals surface area contributed by atoms with Crippen molar-refractivity contribution in [3.63, 3.8) is 0 Å². The molecular weight excluding hydrogens is 396 g/mol. The molecule has 2 N–H and O–H groups in total. The Bertz CT molecular complexity index is 850. The number of amides is 2. The van der Waals surface area contributed by atoms with Crippen LogP contribution in [0.5, 0.6) is 5.75 Å². The van der Waals surface area contributed by atoms with Crippen molar-refractivity contribution in [2.75, 3.05) is 17.2 Å². The zero-order valence-electron chi connectivity index (χ0n) is 17.6. The van der Waals surface area contributed by atoms with Gasteiger partial charge in [0.15, 0.2) is 0 Å². The number of benzene rings is 2. The van der Waals surface area contributed by atoms with Crippen molar-refractivity contribution < 1.29 is 14.3 Å². The van der Waals surface area contributed by atoms with Crippen LogP contribution in [0.1, 0.15) is 46.0 Å². The van der Waals surface area contributed by atoms with Crippen molar-refractivity contribution >= 4 is 35.0 Å². The third-order valence-electron chi connectivity index (χ3n) is 4.88. The molecule has 0 heterocycles. The number of rotatable bonds is 11. The van der Waals surface area contributed by atoms with Gasteiger partial charge in [0.05, 0.1) is 11.9 Å². The highest BCUT2D eigenvalue weighted by Gasteiger charge is 2.29. The zero-order valence-corrected chi connectivity index (χ0v) is 18.5. The summed E-state index contributed by atoms with van der Waals surface area (Å²) in [5.41, 5.74) is 1.54. The molecule has 3 rings (SSSR count). The number of nitrogens with one attached hydrogen (secondary N) is 2. The quantitative estimate of drug-likeness (QED) is 0.356. The molecule has 1 aliphatic rings. The van der Waals surface area contributed by atoms with Gasteiger partial charge in [-0.05, 0) is 68.1 Å². The van der Waals surface area contributed by atoms with Crippen LogP contribution in [0.2, 0.25) is 0 Å². The van der Waals surface area contributed by atoms with Gasteiger partial charge in [0.1, 0.15) is 5.75 Å². The molecule has 6 heteroatoms. The fourth-order valence-electron chi connectivity index (χ4n) is 2.92. The number of hydrogen-bond acceptors (Lipinski definition) is 4. The van der Waals surface area contributed by atoms with Crippen molar-refractivity contribution in [1.29, 1.82) is 0 Å². The van der Waals surface area contributed by atoms with E-state index < -0.39 is 0 Å². The van der Waals surface area contributed by atoms with Crippen LogP contribution in [0.4, 0.5) is 11.4 Å². The van der Waals surface area contributed by atoms with Gasteiger partial charge in [0.2, 0.25) is 11.8 Å². The Morgan fingerprint density at radius 3 is 2.50 bits per heavy atom. The number of hydrogen-bond donors (Lipinski definition) is 2. The maximum absolute atomic E-state index is 12.8. The normalized spacial score (nSPS) is 14.1. The van der Waals surface area contributed by atoms with Crippen LogP contribution in [0.3, 0.4) is 0 Å². The first-order chi connectivity index (χ1) is 14.6. The van der Waals surface area contributed by atoms with E-state index in [9.17, 15) is 9.59 Å². The summed E-state index contributed by atoms with van der Waals surface area (Å²) in [5, 5.41) is 5.73. The van der Waals surface area contributed by atoms with E-state index in [-0.39, 0.29) is 23.0 Å². The predicted molar refractivity (Wildman–Crippen MR) is 123 cm³/mol. The summed E-state index contributed by atoms with van der Waals surface area (Å²) in [4.78, 5) is 25.7. The second kappa shape index (κ2) is 11.1. The highest BCUT2D eigenvalue weighted by molar-refractivity contribution is 8.00. The Balaban J connectivity index is 1.55. The molecule has 2 aromatic carbocycles. The molecule has 0 radical (unpaired) electrons. The molecule has 1 fully saturated rings. The lowest BCUT2D eigenvalue weighted by atomic mass is 10.2. The first kappa shape index (κ1) is 22.2. The molecule has 2 amide bonds. The second-order valence-corrected chi connectivity index (χ2v) is 8.80. The average Bonchev–Trinajstić information content (AvgIpc) is 3.59. The van der Waals surface area contributed by atoms with Crippen molar-refractivity contribution in [2.24, 2.45) is 5.92 Å². The highest BCUT2D eigenvalue weighted by atomic mass is 32.2. The molecule has 1 atom stereocenters.